The number of nitro groups is 1. The monoisotopic (exact) mass is 295 g/mol. The van der Waals surface area contributed by atoms with Gasteiger partial charge in [0.05, 0.1) is 10.5 Å². The average Bonchev–Trinajstić information content (AvgIpc) is 2.43. The van der Waals surface area contributed by atoms with Gasteiger partial charge in [-0.2, -0.15) is 0 Å². The number of para-hydroxylation sites is 1. The molecule has 0 aliphatic carbocycles. The van der Waals surface area contributed by atoms with Crippen LogP contribution in [-0.2, 0) is 4.79 Å². The molecule has 0 heterocycles. The lowest BCUT2D eigenvalue weighted by Crippen LogP contribution is -2.45. The Labute approximate surface area is 121 Å². The van der Waals surface area contributed by atoms with Crippen LogP contribution in [0.5, 0.6) is 0 Å². The third-order valence-electron chi connectivity index (χ3n) is 3.29. The van der Waals surface area contributed by atoms with Gasteiger partial charge in [-0.1, -0.05) is 26.3 Å². The van der Waals surface area contributed by atoms with Crippen molar-refractivity contribution in [2.45, 2.75) is 26.3 Å². The summed E-state index contributed by atoms with van der Waals surface area (Å²) in [5, 5.41) is 22.3. The van der Waals surface area contributed by atoms with Crippen LogP contribution in [0, 0.1) is 16.0 Å². The Hall–Kier alpha value is -2.64. The molecule has 114 valence electrons. The van der Waals surface area contributed by atoms with Gasteiger partial charge in [-0.15, -0.1) is 0 Å². The Kier molecular flexibility index (Phi) is 5.23. The molecule has 1 amide bonds. The molecule has 1 rings (SSSR count). The summed E-state index contributed by atoms with van der Waals surface area (Å²) in [5.41, 5.74) is 4.81. The number of carboxylic acids is 1. The molecular formula is C13H17N3O5. The standard InChI is InChI=1S/C13H17N3O5/c1-3-7(2)11(13(18)19)15-12(17)8-5-4-6-9(10(8)14)16(20)21/h4-7,11H,3,14H2,1-2H3,(H,15,17)(H,18,19)/t7-,11+/m0/s1. The van der Waals surface area contributed by atoms with E-state index in [-0.39, 0.29) is 17.2 Å². The van der Waals surface area contributed by atoms with Gasteiger partial charge in [-0.3, -0.25) is 14.9 Å². The first-order chi connectivity index (χ1) is 9.79. The zero-order valence-corrected chi connectivity index (χ0v) is 11.7. The summed E-state index contributed by atoms with van der Waals surface area (Å²) in [6.07, 6.45) is 0.557. The summed E-state index contributed by atoms with van der Waals surface area (Å²) in [6, 6.07) is 2.73. The quantitative estimate of drug-likeness (QED) is 0.412. The number of carbonyl (C=O) groups excluding carboxylic acids is 1. The lowest BCUT2D eigenvalue weighted by molar-refractivity contribution is -0.383. The van der Waals surface area contributed by atoms with E-state index in [1.807, 2.05) is 0 Å². The minimum Gasteiger partial charge on any atom is -0.480 e. The number of rotatable bonds is 6. The molecule has 0 radical (unpaired) electrons. The van der Waals surface area contributed by atoms with Crippen molar-refractivity contribution >= 4 is 23.3 Å². The minimum atomic E-state index is -1.17. The van der Waals surface area contributed by atoms with Crippen LogP contribution in [0.15, 0.2) is 18.2 Å². The van der Waals surface area contributed by atoms with Crippen molar-refractivity contribution in [2.75, 3.05) is 5.73 Å². The number of carboxylic acid groups (broad SMARTS) is 1. The second-order valence-corrected chi connectivity index (χ2v) is 4.67. The SMILES string of the molecule is CC[C@H](C)[C@@H](NC(=O)c1cccc([N+](=O)[O-])c1N)C(=O)O. The van der Waals surface area contributed by atoms with Crippen LogP contribution < -0.4 is 11.1 Å². The van der Waals surface area contributed by atoms with Gasteiger partial charge in [0.15, 0.2) is 0 Å². The lowest BCUT2D eigenvalue weighted by Gasteiger charge is -2.20. The number of nitrogens with one attached hydrogen (secondary N) is 1. The Balaban J connectivity index is 3.06. The molecule has 0 bridgehead atoms. The van der Waals surface area contributed by atoms with Crippen molar-refractivity contribution < 1.29 is 19.6 Å². The van der Waals surface area contributed by atoms with Crippen molar-refractivity contribution in [3.8, 4) is 0 Å². The molecule has 0 saturated heterocycles. The largest absolute Gasteiger partial charge is 0.480 e. The minimum absolute atomic E-state index is 0.112. The first-order valence-electron chi connectivity index (χ1n) is 6.36. The third-order valence-corrected chi connectivity index (χ3v) is 3.29. The second-order valence-electron chi connectivity index (χ2n) is 4.67. The molecule has 0 fully saturated rings. The topological polar surface area (TPSA) is 136 Å². The van der Waals surface area contributed by atoms with Gasteiger partial charge >= 0.3 is 5.97 Å². The summed E-state index contributed by atoms with van der Waals surface area (Å²) < 4.78 is 0. The zero-order chi connectivity index (χ0) is 16.2. The number of aliphatic carboxylic acids is 1. The fraction of sp³-hybridized carbons (Fsp3) is 0.385. The highest BCUT2D eigenvalue weighted by atomic mass is 16.6. The van der Waals surface area contributed by atoms with Gasteiger partial charge in [0, 0.05) is 6.07 Å². The van der Waals surface area contributed by atoms with Crippen molar-refractivity contribution in [2.24, 2.45) is 5.92 Å². The van der Waals surface area contributed by atoms with Crippen LogP contribution in [0.4, 0.5) is 11.4 Å². The van der Waals surface area contributed by atoms with E-state index >= 15 is 0 Å². The Morgan fingerprint density at radius 3 is 2.57 bits per heavy atom. The van der Waals surface area contributed by atoms with Gasteiger partial charge in [0.1, 0.15) is 11.7 Å². The molecule has 0 saturated carbocycles. The van der Waals surface area contributed by atoms with E-state index in [0.29, 0.717) is 6.42 Å². The van der Waals surface area contributed by atoms with Gasteiger partial charge in [0.2, 0.25) is 0 Å². The van der Waals surface area contributed by atoms with E-state index in [9.17, 15) is 19.7 Å². The van der Waals surface area contributed by atoms with Gasteiger partial charge in [-0.05, 0) is 12.0 Å². The lowest BCUT2D eigenvalue weighted by atomic mass is 9.98. The van der Waals surface area contributed by atoms with E-state index in [1.54, 1.807) is 13.8 Å². The summed E-state index contributed by atoms with van der Waals surface area (Å²) >= 11 is 0. The zero-order valence-electron chi connectivity index (χ0n) is 11.7. The number of amides is 1. The molecule has 0 aliphatic rings. The van der Waals surface area contributed by atoms with E-state index in [2.05, 4.69) is 5.32 Å². The predicted molar refractivity (Wildman–Crippen MR) is 75.9 cm³/mol. The van der Waals surface area contributed by atoms with Crippen LogP contribution >= 0.6 is 0 Å². The number of nitro benzene ring substituents is 1. The number of benzene rings is 1. The number of hydrogen-bond donors (Lipinski definition) is 3. The maximum absolute atomic E-state index is 12.1. The average molecular weight is 295 g/mol. The van der Waals surface area contributed by atoms with Gasteiger partial charge in [0.25, 0.3) is 11.6 Å². The van der Waals surface area contributed by atoms with Gasteiger partial charge in [-0.25, -0.2) is 4.79 Å². The molecule has 2 atom stereocenters. The predicted octanol–water partition coefficient (Wildman–Crippen LogP) is 1.41. The summed E-state index contributed by atoms with van der Waals surface area (Å²) in [5.74, 6) is -2.20. The van der Waals surface area contributed by atoms with E-state index in [1.165, 1.54) is 18.2 Å². The number of hydrogen-bond acceptors (Lipinski definition) is 5. The molecule has 0 spiro atoms. The molecular weight excluding hydrogens is 278 g/mol. The molecule has 0 aromatic heterocycles. The van der Waals surface area contributed by atoms with Gasteiger partial charge < -0.3 is 16.2 Å². The highest BCUT2D eigenvalue weighted by Gasteiger charge is 2.27. The first-order valence-corrected chi connectivity index (χ1v) is 6.36. The fourth-order valence-corrected chi connectivity index (χ4v) is 1.81. The summed E-state index contributed by atoms with van der Waals surface area (Å²) in [6.45, 7) is 3.49. The summed E-state index contributed by atoms with van der Waals surface area (Å²) in [4.78, 5) is 33.4. The van der Waals surface area contributed by atoms with Crippen molar-refractivity contribution in [1.29, 1.82) is 0 Å². The summed E-state index contributed by atoms with van der Waals surface area (Å²) in [7, 11) is 0. The highest BCUT2D eigenvalue weighted by molar-refractivity contribution is 6.02. The third kappa shape index (κ3) is 3.68. The number of carbonyl (C=O) groups is 2. The number of nitrogens with two attached hydrogens (primary N) is 1. The van der Waals surface area contributed by atoms with E-state index in [4.69, 9.17) is 10.8 Å². The van der Waals surface area contributed by atoms with Crippen LogP contribution in [0.3, 0.4) is 0 Å². The van der Waals surface area contributed by atoms with Crippen molar-refractivity contribution in [3.63, 3.8) is 0 Å². The molecule has 1 aromatic carbocycles. The molecule has 0 aliphatic heterocycles. The normalized spacial score (nSPS) is 13.2. The molecule has 8 nitrogen and oxygen atoms in total. The molecule has 4 N–H and O–H groups in total. The van der Waals surface area contributed by atoms with E-state index < -0.39 is 28.5 Å². The Morgan fingerprint density at radius 2 is 2.10 bits per heavy atom. The van der Waals surface area contributed by atoms with Crippen LogP contribution in [-0.4, -0.2) is 27.9 Å². The molecule has 1 aromatic rings. The van der Waals surface area contributed by atoms with Crippen LogP contribution in [0.25, 0.3) is 0 Å². The van der Waals surface area contributed by atoms with Crippen LogP contribution in [0.2, 0.25) is 0 Å². The maximum Gasteiger partial charge on any atom is 0.326 e. The maximum atomic E-state index is 12.1. The van der Waals surface area contributed by atoms with Crippen LogP contribution in [0.1, 0.15) is 30.6 Å². The first kappa shape index (κ1) is 16.4. The Morgan fingerprint density at radius 1 is 1.48 bits per heavy atom. The number of anilines is 1. The Bertz CT molecular complexity index is 573. The fourth-order valence-electron chi connectivity index (χ4n) is 1.81. The van der Waals surface area contributed by atoms with E-state index in [0.717, 1.165) is 0 Å². The smallest absolute Gasteiger partial charge is 0.326 e. The molecule has 21 heavy (non-hydrogen) atoms. The second kappa shape index (κ2) is 6.69. The van der Waals surface area contributed by atoms with Crippen molar-refractivity contribution in [1.82, 2.24) is 5.32 Å². The number of nitrogens with zero attached hydrogens (tertiary/aromatic N) is 1. The molecule has 0 unspecified atom stereocenters. The number of nitrogen functional groups attached to an aromatic ring is 1. The van der Waals surface area contributed by atoms with Crippen molar-refractivity contribution in [3.05, 3.63) is 33.9 Å². The molecule has 8 heteroatoms. The highest BCUT2D eigenvalue weighted by Crippen LogP contribution is 2.25.